The summed E-state index contributed by atoms with van der Waals surface area (Å²) in [7, 11) is 0. The van der Waals surface area contributed by atoms with Crippen molar-refractivity contribution in [1.82, 2.24) is 4.90 Å². The van der Waals surface area contributed by atoms with E-state index < -0.39 is 17.8 Å². The molecule has 1 aromatic rings. The van der Waals surface area contributed by atoms with Gasteiger partial charge in [-0.3, -0.25) is 9.59 Å². The van der Waals surface area contributed by atoms with Gasteiger partial charge in [0.05, 0.1) is 30.7 Å². The molecule has 1 aliphatic heterocycles. The van der Waals surface area contributed by atoms with E-state index in [1.54, 1.807) is 0 Å². The number of ether oxygens (including phenoxy) is 2. The van der Waals surface area contributed by atoms with Gasteiger partial charge >= 0.3 is 5.97 Å². The zero-order valence-corrected chi connectivity index (χ0v) is 12.4. The number of hydrogen-bond acceptors (Lipinski definition) is 4. The van der Waals surface area contributed by atoms with Gasteiger partial charge in [0.2, 0.25) is 0 Å². The lowest BCUT2D eigenvalue weighted by molar-refractivity contribution is -0.147. The van der Waals surface area contributed by atoms with Crippen LogP contribution in [0.2, 0.25) is 5.02 Å². The van der Waals surface area contributed by atoms with E-state index in [-0.39, 0.29) is 36.3 Å². The van der Waals surface area contributed by atoms with E-state index in [9.17, 15) is 14.0 Å². The Morgan fingerprint density at radius 3 is 2.95 bits per heavy atom. The highest BCUT2D eigenvalue weighted by atomic mass is 35.5. The molecule has 0 bridgehead atoms. The van der Waals surface area contributed by atoms with Crippen molar-refractivity contribution in [3.8, 4) is 5.75 Å². The standard InChI is InChI=1S/C14H15ClFNO5/c15-11-5-9(16)1-2-12(11)22-8-13(18)17-3-4-21-7-10(17)6-14(19)20/h1-2,5,10H,3-4,6-8H2,(H,19,20). The van der Waals surface area contributed by atoms with Gasteiger partial charge in [-0.2, -0.15) is 0 Å². The number of carbonyl (C=O) groups excluding carboxylic acids is 1. The molecule has 1 heterocycles. The normalized spacial score (nSPS) is 18.1. The summed E-state index contributed by atoms with van der Waals surface area (Å²) in [5.74, 6) is -1.68. The number of morpholine rings is 1. The van der Waals surface area contributed by atoms with Crippen molar-refractivity contribution in [3.05, 3.63) is 29.0 Å². The van der Waals surface area contributed by atoms with Gasteiger partial charge in [-0.05, 0) is 18.2 Å². The largest absolute Gasteiger partial charge is 0.482 e. The molecule has 0 saturated carbocycles. The number of hydrogen-bond donors (Lipinski definition) is 1. The Labute approximate surface area is 131 Å². The molecule has 0 aliphatic carbocycles. The van der Waals surface area contributed by atoms with Crippen LogP contribution in [-0.2, 0) is 14.3 Å². The molecule has 0 spiro atoms. The van der Waals surface area contributed by atoms with Crippen LogP contribution in [0.5, 0.6) is 5.75 Å². The van der Waals surface area contributed by atoms with Crippen molar-refractivity contribution in [3.63, 3.8) is 0 Å². The average molecular weight is 332 g/mol. The fourth-order valence-electron chi connectivity index (χ4n) is 2.17. The first-order chi connectivity index (χ1) is 10.5. The number of halogens is 2. The third-order valence-corrected chi connectivity index (χ3v) is 3.50. The Bertz CT molecular complexity index is 568. The molecule has 0 aromatic heterocycles. The first-order valence-electron chi connectivity index (χ1n) is 6.64. The molecule has 1 aromatic carbocycles. The Kier molecular flexibility index (Phi) is 5.57. The average Bonchev–Trinajstić information content (AvgIpc) is 2.46. The molecule has 1 atom stereocenters. The summed E-state index contributed by atoms with van der Waals surface area (Å²) in [5, 5.41) is 8.92. The minimum atomic E-state index is -1.00. The zero-order chi connectivity index (χ0) is 16.1. The molecule has 0 radical (unpaired) electrons. The summed E-state index contributed by atoms with van der Waals surface area (Å²) in [6.07, 6.45) is -0.191. The van der Waals surface area contributed by atoms with Crippen LogP contribution in [0, 0.1) is 5.82 Å². The summed E-state index contributed by atoms with van der Waals surface area (Å²) >= 11 is 5.81. The Balaban J connectivity index is 1.96. The van der Waals surface area contributed by atoms with Crippen LogP contribution in [0.15, 0.2) is 18.2 Å². The fraction of sp³-hybridized carbons (Fsp3) is 0.429. The SMILES string of the molecule is O=C(O)CC1COCCN1C(=O)COc1ccc(F)cc1Cl. The van der Waals surface area contributed by atoms with E-state index in [0.717, 1.165) is 6.07 Å². The lowest BCUT2D eigenvalue weighted by atomic mass is 10.1. The monoisotopic (exact) mass is 331 g/mol. The van der Waals surface area contributed by atoms with Crippen LogP contribution in [0.1, 0.15) is 6.42 Å². The highest BCUT2D eigenvalue weighted by Gasteiger charge is 2.29. The Morgan fingerprint density at radius 1 is 1.50 bits per heavy atom. The molecule has 120 valence electrons. The van der Waals surface area contributed by atoms with E-state index in [0.29, 0.717) is 13.2 Å². The number of carbonyl (C=O) groups is 2. The number of amides is 1. The van der Waals surface area contributed by atoms with Crippen LogP contribution < -0.4 is 4.74 Å². The fourth-order valence-corrected chi connectivity index (χ4v) is 2.39. The number of aliphatic carboxylic acids is 1. The quantitative estimate of drug-likeness (QED) is 0.886. The highest BCUT2D eigenvalue weighted by Crippen LogP contribution is 2.25. The summed E-state index contributed by atoms with van der Waals surface area (Å²) < 4.78 is 23.4. The summed E-state index contributed by atoms with van der Waals surface area (Å²) in [6.45, 7) is 0.521. The van der Waals surface area contributed by atoms with Crippen LogP contribution in [0.4, 0.5) is 4.39 Å². The van der Waals surface area contributed by atoms with Crippen LogP contribution in [0.25, 0.3) is 0 Å². The van der Waals surface area contributed by atoms with Gasteiger partial charge in [0.15, 0.2) is 6.61 Å². The molecule has 22 heavy (non-hydrogen) atoms. The van der Waals surface area contributed by atoms with Crippen LogP contribution >= 0.6 is 11.6 Å². The van der Waals surface area contributed by atoms with Crippen molar-refractivity contribution in [1.29, 1.82) is 0 Å². The van der Waals surface area contributed by atoms with E-state index >= 15 is 0 Å². The Hall–Kier alpha value is -1.86. The van der Waals surface area contributed by atoms with Crippen molar-refractivity contribution in [2.45, 2.75) is 12.5 Å². The minimum absolute atomic E-state index is 0.0665. The van der Waals surface area contributed by atoms with Crippen LogP contribution in [-0.4, -0.2) is 54.3 Å². The number of nitrogens with zero attached hydrogens (tertiary/aromatic N) is 1. The van der Waals surface area contributed by atoms with Crippen molar-refractivity contribution < 1.29 is 28.6 Å². The van der Waals surface area contributed by atoms with Gasteiger partial charge in [0.1, 0.15) is 11.6 Å². The smallest absolute Gasteiger partial charge is 0.305 e. The molecule has 1 N–H and O–H groups in total. The maximum atomic E-state index is 12.9. The highest BCUT2D eigenvalue weighted by molar-refractivity contribution is 6.32. The van der Waals surface area contributed by atoms with Gasteiger partial charge in [0.25, 0.3) is 5.91 Å². The van der Waals surface area contributed by atoms with E-state index in [1.807, 2.05) is 0 Å². The second-order valence-electron chi connectivity index (χ2n) is 4.78. The molecule has 1 fully saturated rings. The summed E-state index contributed by atoms with van der Waals surface area (Å²) in [6, 6.07) is 3.07. The predicted molar refractivity (Wildman–Crippen MR) is 75.5 cm³/mol. The molecule has 1 aliphatic rings. The maximum absolute atomic E-state index is 12.9. The van der Waals surface area contributed by atoms with Gasteiger partial charge in [-0.15, -0.1) is 0 Å². The zero-order valence-electron chi connectivity index (χ0n) is 11.6. The van der Waals surface area contributed by atoms with Crippen LogP contribution in [0.3, 0.4) is 0 Å². The third-order valence-electron chi connectivity index (χ3n) is 3.20. The molecule has 1 saturated heterocycles. The molecular formula is C14H15ClFNO5. The first kappa shape index (κ1) is 16.5. The molecule has 1 unspecified atom stereocenters. The first-order valence-corrected chi connectivity index (χ1v) is 7.02. The second-order valence-corrected chi connectivity index (χ2v) is 5.18. The number of rotatable bonds is 5. The lowest BCUT2D eigenvalue weighted by Gasteiger charge is -2.34. The Morgan fingerprint density at radius 2 is 2.27 bits per heavy atom. The molecule has 8 heteroatoms. The minimum Gasteiger partial charge on any atom is -0.482 e. The molecular weight excluding hydrogens is 317 g/mol. The van der Waals surface area contributed by atoms with Gasteiger partial charge < -0.3 is 19.5 Å². The summed E-state index contributed by atoms with van der Waals surface area (Å²) in [5.41, 5.74) is 0. The topological polar surface area (TPSA) is 76.1 Å². The van der Waals surface area contributed by atoms with Gasteiger partial charge in [-0.25, -0.2) is 4.39 Å². The van der Waals surface area contributed by atoms with E-state index in [1.165, 1.54) is 17.0 Å². The third kappa shape index (κ3) is 4.32. The predicted octanol–water partition coefficient (Wildman–Crippen LogP) is 1.56. The van der Waals surface area contributed by atoms with Crippen molar-refractivity contribution in [2.75, 3.05) is 26.4 Å². The number of carboxylic acids is 1. The van der Waals surface area contributed by atoms with Gasteiger partial charge in [-0.1, -0.05) is 11.6 Å². The van der Waals surface area contributed by atoms with Crippen molar-refractivity contribution in [2.24, 2.45) is 0 Å². The van der Waals surface area contributed by atoms with E-state index in [4.69, 9.17) is 26.2 Å². The maximum Gasteiger partial charge on any atom is 0.305 e. The molecule has 6 nitrogen and oxygen atoms in total. The molecule has 2 rings (SSSR count). The second kappa shape index (κ2) is 7.42. The molecule has 1 amide bonds. The van der Waals surface area contributed by atoms with Crippen molar-refractivity contribution >= 4 is 23.5 Å². The number of carboxylic acid groups (broad SMARTS) is 1. The summed E-state index contributed by atoms with van der Waals surface area (Å²) in [4.78, 5) is 24.4. The van der Waals surface area contributed by atoms with E-state index in [2.05, 4.69) is 0 Å². The number of benzene rings is 1. The van der Waals surface area contributed by atoms with Gasteiger partial charge in [0, 0.05) is 6.54 Å². The lowest BCUT2D eigenvalue weighted by Crippen LogP contribution is -2.51.